The molecule has 0 atom stereocenters. The number of non-ortho nitro benzene ring substituents is 1. The van der Waals surface area contributed by atoms with E-state index in [1.165, 1.54) is 23.6 Å². The Balaban J connectivity index is 2.32. The monoisotopic (exact) mass is 418 g/mol. The number of nitro groups is 1. The van der Waals surface area contributed by atoms with Crippen LogP contribution in [0.5, 0.6) is 0 Å². The Morgan fingerprint density at radius 2 is 2.05 bits per heavy atom. The Hall–Kier alpha value is -2.01. The average molecular weight is 418 g/mol. The number of halogens is 1. The molecule has 108 valence electrons. The van der Waals surface area contributed by atoms with Crippen LogP contribution in [0.15, 0.2) is 29.6 Å². The summed E-state index contributed by atoms with van der Waals surface area (Å²) >= 11 is 2.86. The van der Waals surface area contributed by atoms with Gasteiger partial charge in [-0.1, -0.05) is 0 Å². The Morgan fingerprint density at radius 3 is 2.67 bits per heavy atom. The molecule has 0 aliphatic rings. The Morgan fingerprint density at radius 1 is 1.33 bits per heavy atom. The van der Waals surface area contributed by atoms with Crippen molar-refractivity contribution < 1.29 is 19.6 Å². The van der Waals surface area contributed by atoms with E-state index in [0.29, 0.717) is 3.57 Å². The van der Waals surface area contributed by atoms with Gasteiger partial charge >= 0.3 is 5.97 Å². The first-order chi connectivity index (χ1) is 9.90. The Labute approximate surface area is 135 Å². The molecule has 0 saturated carbocycles. The van der Waals surface area contributed by atoms with Crippen molar-refractivity contribution in [2.45, 2.75) is 0 Å². The Kier molecular flexibility index (Phi) is 4.53. The lowest BCUT2D eigenvalue weighted by molar-refractivity contribution is -0.384. The second-order valence-electron chi connectivity index (χ2n) is 3.84. The van der Waals surface area contributed by atoms with Crippen molar-refractivity contribution in [1.29, 1.82) is 0 Å². The third-order valence-corrected chi connectivity index (χ3v) is 4.36. The molecular weight excluding hydrogens is 411 g/mol. The molecule has 1 amide bonds. The fourth-order valence-corrected chi connectivity index (χ4v) is 2.83. The second-order valence-corrected chi connectivity index (χ2v) is 5.92. The SMILES string of the molecule is O=C(Nc1ccsc1C(=O)O)c1cc([N+](=O)[O-])ccc1I. The van der Waals surface area contributed by atoms with Crippen LogP contribution in [-0.4, -0.2) is 21.9 Å². The van der Waals surface area contributed by atoms with E-state index in [9.17, 15) is 19.7 Å². The number of hydrogen-bond acceptors (Lipinski definition) is 5. The summed E-state index contributed by atoms with van der Waals surface area (Å²) in [5.74, 6) is -1.74. The molecule has 2 rings (SSSR count). The highest BCUT2D eigenvalue weighted by Gasteiger charge is 2.18. The fourth-order valence-electron chi connectivity index (χ4n) is 1.56. The van der Waals surface area contributed by atoms with Crippen molar-refractivity contribution in [3.63, 3.8) is 0 Å². The molecule has 0 unspecified atom stereocenters. The first-order valence-electron chi connectivity index (χ1n) is 5.46. The smallest absolute Gasteiger partial charge is 0.348 e. The maximum atomic E-state index is 12.2. The zero-order valence-corrected chi connectivity index (χ0v) is 13.2. The third kappa shape index (κ3) is 3.36. The van der Waals surface area contributed by atoms with Crippen molar-refractivity contribution >= 4 is 57.2 Å². The molecule has 7 nitrogen and oxygen atoms in total. The molecule has 9 heteroatoms. The number of carbonyl (C=O) groups is 2. The van der Waals surface area contributed by atoms with Gasteiger partial charge in [0, 0.05) is 15.7 Å². The molecule has 2 N–H and O–H groups in total. The average Bonchev–Trinajstić information content (AvgIpc) is 2.87. The highest BCUT2D eigenvalue weighted by molar-refractivity contribution is 14.1. The number of aromatic carboxylic acids is 1. The van der Waals surface area contributed by atoms with Gasteiger partial charge in [-0.2, -0.15) is 0 Å². The minimum absolute atomic E-state index is 0.00351. The molecule has 0 aliphatic carbocycles. The summed E-state index contributed by atoms with van der Waals surface area (Å²) in [5.41, 5.74) is 0.0801. The summed E-state index contributed by atoms with van der Waals surface area (Å²) in [6.45, 7) is 0. The van der Waals surface area contributed by atoms with Crippen LogP contribution in [0.3, 0.4) is 0 Å². The van der Waals surface area contributed by atoms with Gasteiger partial charge < -0.3 is 10.4 Å². The van der Waals surface area contributed by atoms with E-state index < -0.39 is 16.8 Å². The number of carbonyl (C=O) groups excluding carboxylic acids is 1. The fraction of sp³-hybridized carbons (Fsp3) is 0. The van der Waals surface area contributed by atoms with E-state index in [4.69, 9.17) is 5.11 Å². The lowest BCUT2D eigenvalue weighted by Crippen LogP contribution is -2.15. The number of nitrogens with one attached hydrogen (secondary N) is 1. The number of thiophene rings is 1. The minimum Gasteiger partial charge on any atom is -0.477 e. The largest absolute Gasteiger partial charge is 0.477 e. The van der Waals surface area contributed by atoms with Crippen LogP contribution in [0, 0.1) is 13.7 Å². The van der Waals surface area contributed by atoms with Gasteiger partial charge in [0.1, 0.15) is 4.88 Å². The van der Waals surface area contributed by atoms with Crippen molar-refractivity contribution in [2.24, 2.45) is 0 Å². The van der Waals surface area contributed by atoms with E-state index in [0.717, 1.165) is 17.4 Å². The second kappa shape index (κ2) is 6.18. The zero-order valence-electron chi connectivity index (χ0n) is 10.2. The molecule has 1 aromatic heterocycles. The highest BCUT2D eigenvalue weighted by Crippen LogP contribution is 2.25. The number of benzene rings is 1. The number of nitro benzene ring substituents is 1. The number of carboxylic acid groups (broad SMARTS) is 1. The minimum atomic E-state index is -1.14. The molecule has 1 heterocycles. The Bertz CT molecular complexity index is 743. The maximum absolute atomic E-state index is 12.2. The quantitative estimate of drug-likeness (QED) is 0.450. The van der Waals surface area contributed by atoms with Gasteiger partial charge in [0.2, 0.25) is 0 Å². The van der Waals surface area contributed by atoms with Crippen LogP contribution in [0.2, 0.25) is 0 Å². The van der Waals surface area contributed by atoms with Gasteiger partial charge in [-0.25, -0.2) is 4.79 Å². The topological polar surface area (TPSA) is 110 Å². The summed E-state index contributed by atoms with van der Waals surface area (Å²) in [5, 5.41) is 23.7. The van der Waals surface area contributed by atoms with Crippen molar-refractivity contribution in [2.75, 3.05) is 5.32 Å². The zero-order chi connectivity index (χ0) is 15.6. The van der Waals surface area contributed by atoms with E-state index in [1.54, 1.807) is 0 Å². The van der Waals surface area contributed by atoms with Crippen LogP contribution in [0.4, 0.5) is 11.4 Å². The summed E-state index contributed by atoms with van der Waals surface area (Å²) < 4.78 is 0.530. The van der Waals surface area contributed by atoms with Gasteiger partial charge in [-0.15, -0.1) is 11.3 Å². The molecule has 0 spiro atoms. The van der Waals surface area contributed by atoms with E-state index in [2.05, 4.69) is 5.32 Å². The summed E-state index contributed by atoms with van der Waals surface area (Å²) in [6, 6.07) is 5.38. The predicted octanol–water partition coefficient (Wildman–Crippen LogP) is 3.21. The van der Waals surface area contributed by atoms with Gasteiger partial charge in [0.25, 0.3) is 11.6 Å². The lowest BCUT2D eigenvalue weighted by Gasteiger charge is -2.06. The number of carboxylic acids is 1. The summed E-state index contributed by atoms with van der Waals surface area (Å²) in [7, 11) is 0. The lowest BCUT2D eigenvalue weighted by atomic mass is 10.2. The molecule has 0 saturated heterocycles. The number of hydrogen-bond donors (Lipinski definition) is 2. The standard InChI is InChI=1S/C12H7IN2O5S/c13-8-2-1-6(15(19)20)5-7(8)11(16)14-9-3-4-21-10(9)12(17)18/h1-5H,(H,14,16)(H,17,18). The molecule has 0 fully saturated rings. The van der Waals surface area contributed by atoms with Gasteiger partial charge in [-0.3, -0.25) is 14.9 Å². The molecule has 1 aromatic carbocycles. The van der Waals surface area contributed by atoms with Crippen molar-refractivity contribution in [3.05, 3.63) is 53.8 Å². The summed E-state index contributed by atoms with van der Waals surface area (Å²) in [4.78, 5) is 33.3. The van der Waals surface area contributed by atoms with E-state index in [1.807, 2.05) is 22.6 Å². The van der Waals surface area contributed by atoms with Gasteiger partial charge in [-0.05, 0) is 40.1 Å². The molecule has 0 bridgehead atoms. The molecular formula is C12H7IN2O5S. The maximum Gasteiger partial charge on any atom is 0.348 e. The number of rotatable bonds is 4. The third-order valence-electron chi connectivity index (χ3n) is 2.51. The number of anilines is 1. The first-order valence-corrected chi connectivity index (χ1v) is 7.42. The molecule has 0 aliphatic heterocycles. The normalized spacial score (nSPS) is 10.1. The number of nitrogens with zero attached hydrogens (tertiary/aromatic N) is 1. The van der Waals surface area contributed by atoms with E-state index >= 15 is 0 Å². The molecule has 0 radical (unpaired) electrons. The first kappa shape index (κ1) is 15.4. The van der Waals surface area contributed by atoms with Crippen LogP contribution in [0.1, 0.15) is 20.0 Å². The van der Waals surface area contributed by atoms with Crippen LogP contribution >= 0.6 is 33.9 Å². The number of amides is 1. The summed E-state index contributed by atoms with van der Waals surface area (Å²) in [6.07, 6.45) is 0. The predicted molar refractivity (Wildman–Crippen MR) is 85.0 cm³/mol. The van der Waals surface area contributed by atoms with E-state index in [-0.39, 0.29) is 21.8 Å². The van der Waals surface area contributed by atoms with Crippen molar-refractivity contribution in [1.82, 2.24) is 0 Å². The van der Waals surface area contributed by atoms with Crippen LogP contribution in [0.25, 0.3) is 0 Å². The molecule has 2 aromatic rings. The molecule has 21 heavy (non-hydrogen) atoms. The van der Waals surface area contributed by atoms with Crippen LogP contribution in [-0.2, 0) is 0 Å². The van der Waals surface area contributed by atoms with Crippen molar-refractivity contribution in [3.8, 4) is 0 Å². The van der Waals surface area contributed by atoms with Gasteiger partial charge in [0.15, 0.2) is 0 Å². The van der Waals surface area contributed by atoms with Gasteiger partial charge in [0.05, 0.1) is 16.2 Å². The van der Waals surface area contributed by atoms with Crippen LogP contribution < -0.4 is 5.32 Å². The highest BCUT2D eigenvalue weighted by atomic mass is 127.